The van der Waals surface area contributed by atoms with E-state index in [2.05, 4.69) is 15.3 Å². The lowest BCUT2D eigenvalue weighted by Gasteiger charge is -1.98. The molecule has 3 aromatic rings. The number of benzene rings is 1. The molecule has 0 aliphatic heterocycles. The van der Waals surface area contributed by atoms with Crippen molar-refractivity contribution in [3.8, 4) is 16.9 Å². The van der Waals surface area contributed by atoms with Crippen LogP contribution in [0.1, 0.15) is 5.56 Å². The molecule has 0 saturated carbocycles. The Balaban J connectivity index is 1.92. The molecule has 19 heavy (non-hydrogen) atoms. The van der Waals surface area contributed by atoms with Gasteiger partial charge in [0, 0.05) is 11.8 Å². The topological polar surface area (TPSA) is 63.8 Å². The molecule has 3 rings (SSSR count). The number of aliphatic hydroxyl groups excluding tert-OH is 1. The van der Waals surface area contributed by atoms with Crippen molar-refractivity contribution in [2.24, 2.45) is 0 Å². The predicted octanol–water partition coefficient (Wildman–Crippen LogP) is 1.82. The van der Waals surface area contributed by atoms with Gasteiger partial charge in [-0.3, -0.25) is 4.98 Å². The lowest BCUT2D eigenvalue weighted by atomic mass is 10.1. The fraction of sp³-hybridized carbons (Fsp3) is 0.0714. The Labute approximate surface area is 110 Å². The van der Waals surface area contributed by atoms with Gasteiger partial charge < -0.3 is 5.11 Å². The first-order valence-corrected chi connectivity index (χ1v) is 5.90. The van der Waals surface area contributed by atoms with Gasteiger partial charge in [0.15, 0.2) is 0 Å². The molecule has 0 saturated heterocycles. The smallest absolute Gasteiger partial charge is 0.113 e. The fourth-order valence-electron chi connectivity index (χ4n) is 1.79. The van der Waals surface area contributed by atoms with Crippen LogP contribution >= 0.6 is 0 Å². The maximum Gasteiger partial charge on any atom is 0.113 e. The summed E-state index contributed by atoms with van der Waals surface area (Å²) < 4.78 is 1.68. The van der Waals surface area contributed by atoms with Crippen molar-refractivity contribution >= 4 is 0 Å². The lowest BCUT2D eigenvalue weighted by Crippen LogP contribution is -1.94. The van der Waals surface area contributed by atoms with Gasteiger partial charge in [0.05, 0.1) is 24.7 Å². The predicted molar refractivity (Wildman–Crippen MR) is 70.5 cm³/mol. The van der Waals surface area contributed by atoms with Crippen molar-refractivity contribution in [2.45, 2.75) is 6.61 Å². The van der Waals surface area contributed by atoms with Gasteiger partial charge in [-0.15, -0.1) is 5.10 Å². The van der Waals surface area contributed by atoms with Gasteiger partial charge in [-0.05, 0) is 17.7 Å². The number of aromatic nitrogens is 4. The zero-order valence-electron chi connectivity index (χ0n) is 10.1. The molecule has 2 heterocycles. The highest BCUT2D eigenvalue weighted by Crippen LogP contribution is 2.18. The van der Waals surface area contributed by atoms with Gasteiger partial charge >= 0.3 is 0 Å². The van der Waals surface area contributed by atoms with E-state index in [-0.39, 0.29) is 6.61 Å². The van der Waals surface area contributed by atoms with E-state index in [0.29, 0.717) is 0 Å². The summed E-state index contributed by atoms with van der Waals surface area (Å²) in [6.07, 6.45) is 5.30. The molecule has 2 aromatic heterocycles. The Kier molecular flexibility index (Phi) is 3.04. The minimum atomic E-state index is 0.0443. The quantitative estimate of drug-likeness (QED) is 0.772. The third kappa shape index (κ3) is 2.36. The highest BCUT2D eigenvalue weighted by atomic mass is 16.3. The van der Waals surface area contributed by atoms with Crippen LogP contribution in [0.5, 0.6) is 0 Å². The molecule has 0 aliphatic rings. The molecule has 1 aromatic carbocycles. The zero-order valence-corrected chi connectivity index (χ0v) is 10.1. The van der Waals surface area contributed by atoms with Crippen molar-refractivity contribution < 1.29 is 5.11 Å². The Bertz CT molecular complexity index is 661. The number of pyridine rings is 1. The SMILES string of the molecule is OCc1ccc(-c2cn(-c3cccnc3)nn2)cc1. The van der Waals surface area contributed by atoms with Gasteiger partial charge in [0.25, 0.3) is 0 Å². The Morgan fingerprint density at radius 2 is 1.95 bits per heavy atom. The number of rotatable bonds is 3. The van der Waals surface area contributed by atoms with E-state index in [4.69, 9.17) is 5.11 Å². The largest absolute Gasteiger partial charge is 0.392 e. The summed E-state index contributed by atoms with van der Waals surface area (Å²) in [6.45, 7) is 0.0443. The average Bonchev–Trinajstić information content (AvgIpc) is 2.98. The second-order valence-corrected chi connectivity index (χ2v) is 4.11. The highest BCUT2D eigenvalue weighted by Gasteiger charge is 2.05. The molecular formula is C14H12N4O. The molecule has 0 bridgehead atoms. The Hall–Kier alpha value is -2.53. The molecule has 0 unspecified atom stereocenters. The molecule has 0 amide bonds. The third-order valence-corrected chi connectivity index (χ3v) is 2.84. The normalized spacial score (nSPS) is 10.6. The number of hydrogen-bond acceptors (Lipinski definition) is 4. The molecule has 0 radical (unpaired) electrons. The van der Waals surface area contributed by atoms with Gasteiger partial charge in [-0.25, -0.2) is 4.68 Å². The van der Waals surface area contributed by atoms with Crippen LogP contribution in [-0.4, -0.2) is 25.1 Å². The van der Waals surface area contributed by atoms with Crippen LogP contribution in [0.3, 0.4) is 0 Å². The summed E-state index contributed by atoms with van der Waals surface area (Å²) in [5, 5.41) is 17.2. The summed E-state index contributed by atoms with van der Waals surface area (Å²) in [7, 11) is 0. The standard InChI is InChI=1S/C14H12N4O/c19-10-11-3-5-12(6-4-11)14-9-18(17-16-14)13-2-1-7-15-8-13/h1-9,19H,10H2. The monoisotopic (exact) mass is 252 g/mol. The van der Waals surface area contributed by atoms with Gasteiger partial charge in [-0.1, -0.05) is 29.5 Å². The van der Waals surface area contributed by atoms with E-state index in [0.717, 1.165) is 22.5 Å². The van der Waals surface area contributed by atoms with Crippen molar-refractivity contribution in [3.63, 3.8) is 0 Å². The maximum absolute atomic E-state index is 9.01. The van der Waals surface area contributed by atoms with Gasteiger partial charge in [-0.2, -0.15) is 0 Å². The molecule has 0 fully saturated rings. The zero-order chi connectivity index (χ0) is 13.1. The second kappa shape index (κ2) is 4.99. The molecule has 1 N–H and O–H groups in total. The van der Waals surface area contributed by atoms with Crippen LogP contribution in [0.25, 0.3) is 16.9 Å². The van der Waals surface area contributed by atoms with E-state index in [1.165, 1.54) is 0 Å². The summed E-state index contributed by atoms with van der Waals surface area (Å²) in [4.78, 5) is 4.05. The van der Waals surface area contributed by atoms with Gasteiger partial charge in [0.2, 0.25) is 0 Å². The maximum atomic E-state index is 9.01. The summed E-state index contributed by atoms with van der Waals surface area (Å²) >= 11 is 0. The van der Waals surface area contributed by atoms with Gasteiger partial charge in [0.1, 0.15) is 5.69 Å². The van der Waals surface area contributed by atoms with Crippen molar-refractivity contribution in [1.82, 2.24) is 20.0 Å². The number of hydrogen-bond donors (Lipinski definition) is 1. The first-order chi connectivity index (χ1) is 9.36. The van der Waals surface area contributed by atoms with Crippen LogP contribution in [0.4, 0.5) is 0 Å². The molecule has 0 atom stereocenters. The van der Waals surface area contributed by atoms with E-state index < -0.39 is 0 Å². The lowest BCUT2D eigenvalue weighted by molar-refractivity contribution is 0.282. The first-order valence-electron chi connectivity index (χ1n) is 5.90. The van der Waals surface area contributed by atoms with Crippen LogP contribution < -0.4 is 0 Å². The van der Waals surface area contributed by atoms with E-state index >= 15 is 0 Å². The second-order valence-electron chi connectivity index (χ2n) is 4.11. The minimum absolute atomic E-state index is 0.0443. The fourth-order valence-corrected chi connectivity index (χ4v) is 1.79. The molecular weight excluding hydrogens is 240 g/mol. The third-order valence-electron chi connectivity index (χ3n) is 2.84. The van der Waals surface area contributed by atoms with Crippen LogP contribution in [-0.2, 0) is 6.61 Å². The summed E-state index contributed by atoms with van der Waals surface area (Å²) in [6, 6.07) is 11.4. The molecule has 94 valence electrons. The van der Waals surface area contributed by atoms with Crippen molar-refractivity contribution in [2.75, 3.05) is 0 Å². The van der Waals surface area contributed by atoms with E-state index in [1.54, 1.807) is 17.1 Å². The number of aliphatic hydroxyl groups is 1. The molecule has 5 heteroatoms. The summed E-state index contributed by atoms with van der Waals surface area (Å²) in [5.41, 5.74) is 3.50. The Morgan fingerprint density at radius 3 is 2.63 bits per heavy atom. The molecule has 0 spiro atoms. The van der Waals surface area contributed by atoms with Crippen LogP contribution in [0.15, 0.2) is 55.0 Å². The molecule has 5 nitrogen and oxygen atoms in total. The van der Waals surface area contributed by atoms with Crippen LogP contribution in [0.2, 0.25) is 0 Å². The average molecular weight is 252 g/mol. The van der Waals surface area contributed by atoms with E-state index in [9.17, 15) is 0 Å². The van der Waals surface area contributed by atoms with Crippen molar-refractivity contribution in [3.05, 3.63) is 60.6 Å². The van der Waals surface area contributed by atoms with E-state index in [1.807, 2.05) is 42.6 Å². The minimum Gasteiger partial charge on any atom is -0.392 e. The van der Waals surface area contributed by atoms with Crippen LogP contribution in [0, 0.1) is 0 Å². The van der Waals surface area contributed by atoms with Crippen molar-refractivity contribution in [1.29, 1.82) is 0 Å². The molecule has 0 aliphatic carbocycles. The first kappa shape index (κ1) is 11.6. The Morgan fingerprint density at radius 1 is 1.11 bits per heavy atom. The summed E-state index contributed by atoms with van der Waals surface area (Å²) in [5.74, 6) is 0. The number of nitrogens with zero attached hydrogens (tertiary/aromatic N) is 4. The highest BCUT2D eigenvalue weighted by molar-refractivity contribution is 5.58.